The number of hydrogen-bond donors (Lipinski definition) is 1. The Morgan fingerprint density at radius 3 is 2.45 bits per heavy atom. The van der Waals surface area contributed by atoms with E-state index in [1.807, 2.05) is 42.5 Å². The third-order valence-electron chi connectivity index (χ3n) is 5.44. The smallest absolute Gasteiger partial charge is 0.185 e. The first-order chi connectivity index (χ1) is 14.4. The van der Waals surface area contributed by atoms with Crippen LogP contribution in [0, 0.1) is 0 Å². The standard InChI is InChI=1S/C23H24N6/c1-3-9-18(10-4-1)23-26-25-22-14-13-21(27-29(22)23)24-17-19-11-5-6-12-20(19)28-15-7-2-8-16-28/h1,3-6,9-14H,2,7-8,15-17H2,(H,24,27). The summed E-state index contributed by atoms with van der Waals surface area (Å²) in [7, 11) is 0. The second kappa shape index (κ2) is 7.91. The number of benzene rings is 2. The molecule has 0 atom stereocenters. The van der Waals surface area contributed by atoms with Crippen LogP contribution in [0.1, 0.15) is 24.8 Å². The van der Waals surface area contributed by atoms with Crippen molar-refractivity contribution in [3.63, 3.8) is 0 Å². The molecule has 1 saturated heterocycles. The summed E-state index contributed by atoms with van der Waals surface area (Å²) in [6.45, 7) is 3.01. The number of nitrogens with zero attached hydrogens (tertiary/aromatic N) is 5. The molecule has 0 bridgehead atoms. The maximum absolute atomic E-state index is 4.74. The Morgan fingerprint density at radius 2 is 1.59 bits per heavy atom. The lowest BCUT2D eigenvalue weighted by molar-refractivity contribution is 0.576. The summed E-state index contributed by atoms with van der Waals surface area (Å²) in [5.74, 6) is 1.56. The maximum Gasteiger partial charge on any atom is 0.185 e. The minimum absolute atomic E-state index is 0.730. The molecule has 3 heterocycles. The SMILES string of the molecule is c1ccc(-c2nnc3ccc(NCc4ccccc4N4CCCCC4)nn23)cc1. The van der Waals surface area contributed by atoms with Crippen LogP contribution < -0.4 is 10.2 Å². The lowest BCUT2D eigenvalue weighted by atomic mass is 10.1. The van der Waals surface area contributed by atoms with Crippen molar-refractivity contribution in [3.05, 3.63) is 72.3 Å². The average Bonchev–Trinajstić information content (AvgIpc) is 3.22. The Labute approximate surface area is 170 Å². The Hall–Kier alpha value is -3.41. The van der Waals surface area contributed by atoms with Crippen molar-refractivity contribution in [1.29, 1.82) is 0 Å². The first-order valence-electron chi connectivity index (χ1n) is 10.2. The summed E-state index contributed by atoms with van der Waals surface area (Å²) in [5, 5.41) is 16.8. The molecule has 1 aliphatic heterocycles. The summed E-state index contributed by atoms with van der Waals surface area (Å²) in [6, 6.07) is 22.6. The van der Waals surface area contributed by atoms with Gasteiger partial charge < -0.3 is 10.2 Å². The highest BCUT2D eigenvalue weighted by atomic mass is 15.4. The molecule has 0 aliphatic carbocycles. The summed E-state index contributed by atoms with van der Waals surface area (Å²) in [5.41, 5.74) is 4.36. The van der Waals surface area contributed by atoms with Crippen molar-refractivity contribution in [2.45, 2.75) is 25.8 Å². The summed E-state index contributed by atoms with van der Waals surface area (Å²) >= 11 is 0. The van der Waals surface area contributed by atoms with Gasteiger partial charge >= 0.3 is 0 Å². The number of anilines is 2. The summed E-state index contributed by atoms with van der Waals surface area (Å²) < 4.78 is 1.80. The highest BCUT2D eigenvalue weighted by Gasteiger charge is 2.14. The molecule has 2 aromatic carbocycles. The molecule has 0 amide bonds. The molecule has 29 heavy (non-hydrogen) atoms. The number of para-hydroxylation sites is 1. The number of nitrogens with one attached hydrogen (secondary N) is 1. The molecule has 146 valence electrons. The summed E-state index contributed by atoms with van der Waals surface area (Å²) in [4.78, 5) is 2.50. The zero-order chi connectivity index (χ0) is 19.5. The largest absolute Gasteiger partial charge is 0.371 e. The van der Waals surface area contributed by atoms with Crippen LogP contribution in [0.15, 0.2) is 66.7 Å². The Kier molecular flexibility index (Phi) is 4.82. The van der Waals surface area contributed by atoms with E-state index in [0.717, 1.165) is 42.5 Å². The molecular weight excluding hydrogens is 360 g/mol. The van der Waals surface area contributed by atoms with Crippen molar-refractivity contribution in [2.24, 2.45) is 0 Å². The van der Waals surface area contributed by atoms with E-state index >= 15 is 0 Å². The van der Waals surface area contributed by atoms with E-state index in [0.29, 0.717) is 0 Å². The molecule has 6 heteroatoms. The lowest BCUT2D eigenvalue weighted by Gasteiger charge is -2.30. The topological polar surface area (TPSA) is 58.4 Å². The molecule has 0 radical (unpaired) electrons. The van der Waals surface area contributed by atoms with Crippen LogP contribution in [-0.4, -0.2) is 32.9 Å². The van der Waals surface area contributed by atoms with Crippen molar-refractivity contribution in [3.8, 4) is 11.4 Å². The molecule has 0 saturated carbocycles. The molecule has 0 unspecified atom stereocenters. The minimum atomic E-state index is 0.730. The van der Waals surface area contributed by atoms with Crippen LogP contribution in [-0.2, 0) is 6.54 Å². The van der Waals surface area contributed by atoms with Gasteiger partial charge in [-0.1, -0.05) is 48.5 Å². The van der Waals surface area contributed by atoms with Crippen LogP contribution in [0.4, 0.5) is 11.5 Å². The van der Waals surface area contributed by atoms with Gasteiger partial charge in [0.2, 0.25) is 0 Å². The van der Waals surface area contributed by atoms with Crippen LogP contribution in [0.3, 0.4) is 0 Å². The van der Waals surface area contributed by atoms with Gasteiger partial charge in [0.25, 0.3) is 0 Å². The normalized spacial score (nSPS) is 14.3. The van der Waals surface area contributed by atoms with Gasteiger partial charge in [-0.25, -0.2) is 0 Å². The quantitative estimate of drug-likeness (QED) is 0.553. The third kappa shape index (κ3) is 3.66. The van der Waals surface area contributed by atoms with Crippen LogP contribution in [0.25, 0.3) is 17.0 Å². The van der Waals surface area contributed by atoms with E-state index in [-0.39, 0.29) is 0 Å². The number of hydrogen-bond acceptors (Lipinski definition) is 5. The number of piperidine rings is 1. The molecule has 1 aliphatic rings. The fourth-order valence-electron chi connectivity index (χ4n) is 3.94. The van der Waals surface area contributed by atoms with Gasteiger partial charge in [-0.15, -0.1) is 15.3 Å². The van der Waals surface area contributed by atoms with Gasteiger partial charge in [-0.3, -0.25) is 0 Å². The average molecular weight is 384 g/mol. The second-order valence-corrected chi connectivity index (χ2v) is 7.41. The van der Waals surface area contributed by atoms with E-state index in [2.05, 4.69) is 44.7 Å². The Balaban J connectivity index is 1.39. The van der Waals surface area contributed by atoms with Crippen molar-refractivity contribution < 1.29 is 0 Å². The number of rotatable bonds is 5. The first-order valence-corrected chi connectivity index (χ1v) is 10.2. The van der Waals surface area contributed by atoms with Gasteiger partial charge in [0.05, 0.1) is 0 Å². The molecule has 1 fully saturated rings. The molecule has 6 nitrogen and oxygen atoms in total. The molecule has 1 N–H and O–H groups in total. The fraction of sp³-hybridized carbons (Fsp3) is 0.261. The highest BCUT2D eigenvalue weighted by molar-refractivity contribution is 5.60. The Morgan fingerprint density at radius 1 is 0.793 bits per heavy atom. The van der Waals surface area contributed by atoms with Crippen LogP contribution in [0.5, 0.6) is 0 Å². The summed E-state index contributed by atoms with van der Waals surface area (Å²) in [6.07, 6.45) is 3.88. The Bertz CT molecular complexity index is 1100. The zero-order valence-corrected chi connectivity index (χ0v) is 16.3. The molecule has 4 aromatic rings. The number of fused-ring (bicyclic) bond motifs is 1. The molecule has 0 spiro atoms. The maximum atomic E-state index is 4.74. The van der Waals surface area contributed by atoms with Gasteiger partial charge in [-0.2, -0.15) is 4.52 Å². The fourth-order valence-corrected chi connectivity index (χ4v) is 3.94. The van der Waals surface area contributed by atoms with E-state index < -0.39 is 0 Å². The highest BCUT2D eigenvalue weighted by Crippen LogP contribution is 2.25. The van der Waals surface area contributed by atoms with Gasteiger partial charge in [0.15, 0.2) is 11.5 Å². The monoisotopic (exact) mass is 384 g/mol. The third-order valence-corrected chi connectivity index (χ3v) is 5.44. The first kappa shape index (κ1) is 17.7. The zero-order valence-electron chi connectivity index (χ0n) is 16.3. The van der Waals surface area contributed by atoms with Gasteiger partial charge in [0, 0.05) is 30.9 Å². The van der Waals surface area contributed by atoms with Gasteiger partial charge in [-0.05, 0) is 43.0 Å². The van der Waals surface area contributed by atoms with E-state index in [4.69, 9.17) is 5.10 Å². The van der Waals surface area contributed by atoms with Crippen LogP contribution in [0.2, 0.25) is 0 Å². The van der Waals surface area contributed by atoms with E-state index in [1.54, 1.807) is 4.52 Å². The van der Waals surface area contributed by atoms with E-state index in [9.17, 15) is 0 Å². The second-order valence-electron chi connectivity index (χ2n) is 7.41. The predicted molar refractivity (Wildman–Crippen MR) is 116 cm³/mol. The molecular formula is C23H24N6. The van der Waals surface area contributed by atoms with Crippen molar-refractivity contribution >= 4 is 17.2 Å². The molecule has 2 aromatic heterocycles. The van der Waals surface area contributed by atoms with Crippen LogP contribution >= 0.6 is 0 Å². The molecule has 5 rings (SSSR count). The van der Waals surface area contributed by atoms with Crippen molar-refractivity contribution in [1.82, 2.24) is 19.8 Å². The lowest BCUT2D eigenvalue weighted by Crippen LogP contribution is -2.30. The minimum Gasteiger partial charge on any atom is -0.371 e. The number of aromatic nitrogens is 4. The van der Waals surface area contributed by atoms with E-state index in [1.165, 1.54) is 30.5 Å². The van der Waals surface area contributed by atoms with Crippen molar-refractivity contribution in [2.75, 3.05) is 23.3 Å². The predicted octanol–water partition coefficient (Wildman–Crippen LogP) is 4.39. The van der Waals surface area contributed by atoms with Gasteiger partial charge in [0.1, 0.15) is 5.82 Å².